The molecule has 3 aromatic rings. The van der Waals surface area contributed by atoms with Gasteiger partial charge in [-0.25, -0.2) is 21.6 Å². The molecule has 0 N–H and O–H groups in total. The van der Waals surface area contributed by atoms with E-state index in [0.717, 1.165) is 46.4 Å². The summed E-state index contributed by atoms with van der Waals surface area (Å²) in [6, 6.07) is 6.38. The Morgan fingerprint density at radius 1 is 0.960 bits per heavy atom. The first-order valence-electron chi connectivity index (χ1n) is 6.84. The largest absolute Gasteiger partial charge is 0.312 e. The highest BCUT2D eigenvalue weighted by Gasteiger charge is 2.17. The summed E-state index contributed by atoms with van der Waals surface area (Å²) < 4.78 is 64.8. The van der Waals surface area contributed by atoms with Gasteiger partial charge in [0.15, 0.2) is 21.5 Å². The van der Waals surface area contributed by atoms with E-state index in [-0.39, 0.29) is 16.9 Å². The van der Waals surface area contributed by atoms with Crippen LogP contribution in [0.4, 0.5) is 13.2 Å². The van der Waals surface area contributed by atoms with Crippen LogP contribution in [0.3, 0.4) is 0 Å². The van der Waals surface area contributed by atoms with E-state index in [1.54, 1.807) is 0 Å². The zero-order valence-electron chi connectivity index (χ0n) is 12.7. The molecule has 4 nitrogen and oxygen atoms in total. The lowest BCUT2D eigenvalue weighted by molar-refractivity contribution is 0.508. The van der Waals surface area contributed by atoms with Gasteiger partial charge < -0.3 is 0 Å². The van der Waals surface area contributed by atoms with E-state index in [1.165, 1.54) is 17.5 Å². The van der Waals surface area contributed by atoms with E-state index in [4.69, 9.17) is 0 Å². The number of halogens is 3. The predicted octanol–water partition coefficient (Wildman–Crippen LogP) is 3.39. The number of sulfone groups is 1. The maximum absolute atomic E-state index is 14.1. The topological polar surface area (TPSA) is 56.1 Å². The highest BCUT2D eigenvalue weighted by Crippen LogP contribution is 2.27. The van der Waals surface area contributed by atoms with Crippen molar-refractivity contribution < 1.29 is 21.6 Å². The molecule has 0 spiro atoms. The summed E-state index contributed by atoms with van der Waals surface area (Å²) >= 11 is 0.797. The zero-order valence-corrected chi connectivity index (χ0v) is 14.3. The first-order valence-corrected chi connectivity index (χ1v) is 9.61. The molecular formula is C16H10F3NO3S2. The molecule has 0 aliphatic rings. The molecule has 0 aliphatic carbocycles. The summed E-state index contributed by atoms with van der Waals surface area (Å²) in [5.41, 5.74) is 0.542. The lowest BCUT2D eigenvalue weighted by Gasteiger charge is -2.09. The fourth-order valence-corrected chi connectivity index (χ4v) is 3.83. The van der Waals surface area contributed by atoms with Crippen LogP contribution >= 0.6 is 11.3 Å². The van der Waals surface area contributed by atoms with Crippen molar-refractivity contribution in [3.8, 4) is 16.9 Å². The number of hydrogen-bond donors (Lipinski definition) is 0. The monoisotopic (exact) mass is 385 g/mol. The van der Waals surface area contributed by atoms with E-state index in [1.807, 2.05) is 0 Å². The molecule has 1 aromatic heterocycles. The fourth-order valence-electron chi connectivity index (χ4n) is 2.34. The summed E-state index contributed by atoms with van der Waals surface area (Å²) in [7, 11) is -3.73. The lowest BCUT2D eigenvalue weighted by Crippen LogP contribution is -2.12. The molecule has 0 amide bonds. The highest BCUT2D eigenvalue weighted by atomic mass is 32.2. The van der Waals surface area contributed by atoms with Crippen LogP contribution in [0.15, 0.2) is 51.5 Å². The fraction of sp³-hybridized carbons (Fsp3) is 0.0625. The van der Waals surface area contributed by atoms with E-state index in [2.05, 4.69) is 0 Å². The van der Waals surface area contributed by atoms with Crippen LogP contribution in [0.5, 0.6) is 0 Å². The molecule has 0 atom stereocenters. The highest BCUT2D eigenvalue weighted by molar-refractivity contribution is 7.90. The second-order valence-corrected chi connectivity index (χ2v) is 8.04. The third-order valence-electron chi connectivity index (χ3n) is 3.48. The van der Waals surface area contributed by atoms with Gasteiger partial charge in [0.25, 0.3) is 0 Å². The van der Waals surface area contributed by atoms with Crippen molar-refractivity contribution in [3.05, 3.63) is 68.9 Å². The quantitative estimate of drug-likeness (QED) is 0.695. The van der Waals surface area contributed by atoms with Gasteiger partial charge in [0.1, 0.15) is 10.7 Å². The van der Waals surface area contributed by atoms with Crippen molar-refractivity contribution in [2.24, 2.45) is 0 Å². The summed E-state index contributed by atoms with van der Waals surface area (Å²) in [5.74, 6) is -3.15. The number of rotatable bonds is 3. The first kappa shape index (κ1) is 17.4. The van der Waals surface area contributed by atoms with Crippen LogP contribution < -0.4 is 4.87 Å². The molecule has 0 unspecified atom stereocenters. The molecule has 2 aromatic carbocycles. The maximum atomic E-state index is 14.1. The van der Waals surface area contributed by atoms with Crippen molar-refractivity contribution in [2.75, 3.05) is 6.26 Å². The molecule has 25 heavy (non-hydrogen) atoms. The third kappa shape index (κ3) is 3.24. The van der Waals surface area contributed by atoms with Gasteiger partial charge in [-0.1, -0.05) is 17.4 Å². The minimum atomic E-state index is -3.73. The normalized spacial score (nSPS) is 11.7. The Morgan fingerprint density at radius 3 is 2.28 bits per heavy atom. The molecule has 1 heterocycles. The molecule has 0 aliphatic heterocycles. The Hall–Kier alpha value is -2.39. The number of benzene rings is 2. The van der Waals surface area contributed by atoms with Gasteiger partial charge in [-0.3, -0.25) is 9.36 Å². The van der Waals surface area contributed by atoms with E-state index >= 15 is 0 Å². The van der Waals surface area contributed by atoms with Gasteiger partial charge in [0, 0.05) is 23.3 Å². The van der Waals surface area contributed by atoms with Gasteiger partial charge in [0.2, 0.25) is 0 Å². The first-order chi connectivity index (χ1) is 11.7. The zero-order chi connectivity index (χ0) is 18.4. The van der Waals surface area contributed by atoms with Crippen LogP contribution in [-0.2, 0) is 9.84 Å². The molecule has 9 heteroatoms. The molecule has 0 saturated carbocycles. The van der Waals surface area contributed by atoms with Crippen molar-refractivity contribution in [1.29, 1.82) is 0 Å². The smallest absolute Gasteiger partial charge is 0.267 e. The minimum Gasteiger partial charge on any atom is -0.267 e. The lowest BCUT2D eigenvalue weighted by atomic mass is 10.1. The molecule has 0 radical (unpaired) electrons. The van der Waals surface area contributed by atoms with Gasteiger partial charge in [-0.15, -0.1) is 0 Å². The van der Waals surface area contributed by atoms with Crippen molar-refractivity contribution in [3.63, 3.8) is 0 Å². The summed E-state index contributed by atoms with van der Waals surface area (Å²) in [4.78, 5) is 11.2. The Kier molecular flexibility index (Phi) is 4.29. The average Bonchev–Trinajstić information content (AvgIpc) is 2.90. The molecular weight excluding hydrogens is 375 g/mol. The van der Waals surface area contributed by atoms with Crippen LogP contribution in [0.1, 0.15) is 0 Å². The Bertz CT molecular complexity index is 1130. The SMILES string of the molecule is CS(=O)(=O)c1ccc(-c2csc(=O)n2-c2ccc(F)c(F)c2)cc1F. The number of nitrogens with zero attached hydrogens (tertiary/aromatic N) is 1. The average molecular weight is 385 g/mol. The number of thiazole rings is 1. The summed E-state index contributed by atoms with van der Waals surface area (Å²) in [6.07, 6.45) is 0.882. The third-order valence-corrected chi connectivity index (χ3v) is 5.34. The minimum absolute atomic E-state index is 0.0766. The van der Waals surface area contributed by atoms with E-state index in [0.29, 0.717) is 0 Å². The van der Waals surface area contributed by atoms with Crippen molar-refractivity contribution in [2.45, 2.75) is 4.90 Å². The maximum Gasteiger partial charge on any atom is 0.312 e. The van der Waals surface area contributed by atoms with Crippen LogP contribution in [0.2, 0.25) is 0 Å². The molecule has 130 valence electrons. The summed E-state index contributed by atoms with van der Waals surface area (Å²) in [6.45, 7) is 0. The van der Waals surface area contributed by atoms with Crippen LogP contribution in [-0.4, -0.2) is 19.2 Å². The number of hydrogen-bond acceptors (Lipinski definition) is 4. The van der Waals surface area contributed by atoms with E-state index in [9.17, 15) is 26.4 Å². The van der Waals surface area contributed by atoms with Crippen LogP contribution in [0.25, 0.3) is 16.9 Å². The van der Waals surface area contributed by atoms with Gasteiger partial charge >= 0.3 is 4.87 Å². The van der Waals surface area contributed by atoms with Gasteiger partial charge in [-0.2, -0.15) is 0 Å². The molecule has 0 saturated heterocycles. The molecule has 0 bridgehead atoms. The van der Waals surface area contributed by atoms with Crippen molar-refractivity contribution >= 4 is 21.2 Å². The molecule has 0 fully saturated rings. The second kappa shape index (κ2) is 6.16. The van der Waals surface area contributed by atoms with E-state index < -0.39 is 37.1 Å². The van der Waals surface area contributed by atoms with Crippen molar-refractivity contribution in [1.82, 2.24) is 4.57 Å². The summed E-state index contributed by atoms with van der Waals surface area (Å²) in [5, 5.41) is 1.43. The predicted molar refractivity (Wildman–Crippen MR) is 88.3 cm³/mol. The van der Waals surface area contributed by atoms with Crippen LogP contribution in [0, 0.1) is 17.5 Å². The number of aromatic nitrogens is 1. The Balaban J connectivity index is 2.19. The Labute approximate surface area is 144 Å². The van der Waals surface area contributed by atoms with Gasteiger partial charge in [-0.05, 0) is 24.3 Å². The second-order valence-electron chi connectivity index (χ2n) is 5.24. The Morgan fingerprint density at radius 2 is 1.68 bits per heavy atom. The molecule has 3 rings (SSSR count). The van der Waals surface area contributed by atoms with Gasteiger partial charge in [0.05, 0.1) is 11.4 Å². The standard InChI is InChI=1S/C16H10F3NO3S2/c1-25(22,23)15-5-2-9(6-13(15)19)14-8-24-16(21)20(14)10-3-4-11(17)12(18)7-10/h2-8H,1H3.